The van der Waals surface area contributed by atoms with Crippen LogP contribution in [0.3, 0.4) is 0 Å². The highest BCUT2D eigenvalue weighted by molar-refractivity contribution is 6.08. The number of rotatable bonds is 10. The number of amides is 2. The summed E-state index contributed by atoms with van der Waals surface area (Å²) in [4.78, 5) is 48.9. The number of benzene rings is 1. The van der Waals surface area contributed by atoms with Crippen LogP contribution in [0.4, 0.5) is 20.3 Å². The fraction of sp³-hybridized carbons (Fsp3) is 0.522. The standard InChI is InChI=1S/C46H55F2N11O5/c1-29-10-15-37(44(61)50-29)59-36-9-5-7-31(40(36)54(4)45(59)62)8-6-23-63-33-16-19-55(20-17-33)26-30-11-13-32(14-12-30)58-27-35(39(53-58)41(47)48)51-43(60)34-25-49-57-21-18-38(52-42(34)57)56-22-24-64-46(2,3)28-56/h5,7,9,18,21,25,27,30,32-33,37,41H,1,10-17,19-20,22-24,26,28H2,2-4H3,(H,50,61)(H,51,60). The Balaban J connectivity index is 0.751. The van der Waals surface area contributed by atoms with Crippen LogP contribution in [-0.2, 0) is 21.3 Å². The molecule has 0 bridgehead atoms. The van der Waals surface area contributed by atoms with Crippen molar-refractivity contribution < 1.29 is 27.8 Å². The molecule has 64 heavy (non-hydrogen) atoms. The molecule has 9 rings (SSSR count). The highest BCUT2D eigenvalue weighted by atomic mass is 19.3. The highest BCUT2D eigenvalue weighted by Gasteiger charge is 2.32. The number of imidazole rings is 1. The van der Waals surface area contributed by atoms with Gasteiger partial charge in [0.25, 0.3) is 12.3 Å². The molecule has 1 unspecified atom stereocenters. The SMILES string of the molecule is C=C1CCC(n2c(=O)n(C)c3c(C#CCOC4CCN(CC5CCC(n6cc(NC(=O)c7cnn8ccc(N9CCOC(C)(C)C9)nc78)c(C(F)F)n6)CC5)CC4)cccc32)C(=O)N1. The molecule has 1 aliphatic carbocycles. The van der Waals surface area contributed by atoms with Crippen LogP contribution in [0, 0.1) is 17.8 Å². The first-order valence-corrected chi connectivity index (χ1v) is 22.2. The Hall–Kier alpha value is -5.90. The van der Waals surface area contributed by atoms with Gasteiger partial charge in [-0.1, -0.05) is 24.5 Å². The Labute approximate surface area is 369 Å². The van der Waals surface area contributed by atoms with Gasteiger partial charge in [-0.25, -0.2) is 23.1 Å². The molecule has 2 N–H and O–H groups in total. The summed E-state index contributed by atoms with van der Waals surface area (Å²) < 4.78 is 46.9. The van der Waals surface area contributed by atoms with Crippen molar-refractivity contribution in [2.45, 2.75) is 95.4 Å². The molecule has 0 spiro atoms. The van der Waals surface area contributed by atoms with Gasteiger partial charge < -0.3 is 29.9 Å². The van der Waals surface area contributed by atoms with Crippen LogP contribution in [-0.4, -0.2) is 108 Å². The van der Waals surface area contributed by atoms with Gasteiger partial charge in [0.05, 0.1) is 52.8 Å². The summed E-state index contributed by atoms with van der Waals surface area (Å²) in [6, 6.07) is 6.78. The van der Waals surface area contributed by atoms with Crippen molar-refractivity contribution >= 4 is 40.0 Å². The molecule has 7 heterocycles. The number of hydrogen-bond acceptors (Lipinski definition) is 10. The summed E-state index contributed by atoms with van der Waals surface area (Å²) in [5.74, 6) is 6.72. The first kappa shape index (κ1) is 43.4. The van der Waals surface area contributed by atoms with Crippen LogP contribution in [0.5, 0.6) is 0 Å². The molecule has 4 aliphatic rings. The van der Waals surface area contributed by atoms with Crippen LogP contribution >= 0.6 is 0 Å². The number of halogens is 2. The van der Waals surface area contributed by atoms with E-state index in [1.807, 2.05) is 38.1 Å². The van der Waals surface area contributed by atoms with Gasteiger partial charge in [0.15, 0.2) is 11.3 Å². The average molecular weight is 880 g/mol. The number of para-hydroxylation sites is 1. The van der Waals surface area contributed by atoms with Crippen molar-refractivity contribution in [2.24, 2.45) is 13.0 Å². The Bertz CT molecular complexity index is 2690. The number of carbonyl (C=O) groups excluding carboxylic acids is 2. The van der Waals surface area contributed by atoms with E-state index in [1.54, 1.807) is 27.1 Å². The zero-order valence-electron chi connectivity index (χ0n) is 36.6. The van der Waals surface area contributed by atoms with E-state index in [-0.39, 0.29) is 47.2 Å². The second-order valence-corrected chi connectivity index (χ2v) is 18.1. The van der Waals surface area contributed by atoms with Crippen LogP contribution in [0.1, 0.15) is 105 Å². The number of nitrogens with zero attached hydrogens (tertiary/aromatic N) is 9. The lowest BCUT2D eigenvalue weighted by molar-refractivity contribution is -0.124. The van der Waals surface area contributed by atoms with E-state index < -0.39 is 24.1 Å². The van der Waals surface area contributed by atoms with Crippen LogP contribution in [0.25, 0.3) is 16.7 Å². The maximum Gasteiger partial charge on any atom is 0.329 e. The number of aromatic nitrogens is 7. The van der Waals surface area contributed by atoms with E-state index in [4.69, 9.17) is 14.5 Å². The van der Waals surface area contributed by atoms with Gasteiger partial charge in [-0.15, -0.1) is 0 Å². The Morgan fingerprint density at radius 3 is 2.64 bits per heavy atom. The van der Waals surface area contributed by atoms with Crippen LogP contribution in [0.2, 0.25) is 0 Å². The predicted octanol–water partition coefficient (Wildman–Crippen LogP) is 5.61. The average Bonchev–Trinajstić information content (AvgIpc) is 3.97. The van der Waals surface area contributed by atoms with Crippen LogP contribution in [0.15, 0.2) is 59.9 Å². The monoisotopic (exact) mass is 879 g/mol. The number of nitrogens with one attached hydrogen (secondary N) is 2. The molecule has 5 aromatic rings. The van der Waals surface area contributed by atoms with E-state index in [2.05, 4.69) is 49.1 Å². The number of fused-ring (bicyclic) bond motifs is 2. The molecule has 18 heteroatoms. The molecule has 1 atom stereocenters. The number of piperidine rings is 2. The predicted molar refractivity (Wildman–Crippen MR) is 236 cm³/mol. The lowest BCUT2D eigenvalue weighted by Crippen LogP contribution is -2.48. The summed E-state index contributed by atoms with van der Waals surface area (Å²) in [6.07, 6.45) is 8.35. The topological polar surface area (TPSA) is 158 Å². The highest BCUT2D eigenvalue weighted by Crippen LogP contribution is 2.36. The van der Waals surface area contributed by atoms with Crippen molar-refractivity contribution in [3.63, 3.8) is 0 Å². The van der Waals surface area contributed by atoms with E-state index >= 15 is 0 Å². The molecule has 3 saturated heterocycles. The van der Waals surface area contributed by atoms with Gasteiger partial charge in [0.1, 0.15) is 24.0 Å². The van der Waals surface area contributed by atoms with E-state index in [9.17, 15) is 23.2 Å². The number of ether oxygens (including phenoxy) is 2. The van der Waals surface area contributed by atoms with Gasteiger partial charge >= 0.3 is 5.69 Å². The van der Waals surface area contributed by atoms with E-state index in [0.29, 0.717) is 72.2 Å². The first-order valence-electron chi connectivity index (χ1n) is 22.2. The molecule has 0 radical (unpaired) electrons. The molecule has 338 valence electrons. The number of hydrogen-bond donors (Lipinski definition) is 2. The Morgan fingerprint density at radius 2 is 1.89 bits per heavy atom. The number of allylic oxidation sites excluding steroid dienone is 1. The molecular formula is C46H55F2N11O5. The molecule has 4 aromatic heterocycles. The molecule has 4 fully saturated rings. The third kappa shape index (κ3) is 8.93. The lowest BCUT2D eigenvalue weighted by atomic mass is 9.85. The minimum absolute atomic E-state index is 0.0124. The molecule has 2 amide bonds. The summed E-state index contributed by atoms with van der Waals surface area (Å²) in [6.45, 7) is 12.8. The maximum absolute atomic E-state index is 14.3. The van der Waals surface area contributed by atoms with Gasteiger partial charge in [-0.05, 0) is 89.3 Å². The Kier molecular flexibility index (Phi) is 12.1. The molecular weight excluding hydrogens is 825 g/mol. The normalized spacial score (nSPS) is 22.2. The fourth-order valence-electron chi connectivity index (χ4n) is 9.80. The Morgan fingerprint density at radius 1 is 1.09 bits per heavy atom. The second kappa shape index (κ2) is 17.9. The smallest absolute Gasteiger partial charge is 0.329 e. The minimum Gasteiger partial charge on any atom is -0.372 e. The summed E-state index contributed by atoms with van der Waals surface area (Å²) in [5.41, 5.74) is 2.18. The zero-order chi connectivity index (χ0) is 44.7. The third-order valence-electron chi connectivity index (χ3n) is 13.2. The van der Waals surface area contributed by atoms with Crippen LogP contribution < -0.4 is 21.2 Å². The first-order chi connectivity index (χ1) is 30.8. The minimum atomic E-state index is -2.87. The lowest BCUT2D eigenvalue weighted by Gasteiger charge is -2.38. The van der Waals surface area contributed by atoms with E-state index in [0.717, 1.165) is 58.2 Å². The van der Waals surface area contributed by atoms with Gasteiger partial charge in [0.2, 0.25) is 5.91 Å². The number of carbonyl (C=O) groups is 2. The molecule has 16 nitrogen and oxygen atoms in total. The van der Waals surface area contributed by atoms with Gasteiger partial charge in [-0.2, -0.15) is 10.2 Å². The number of alkyl halides is 2. The van der Waals surface area contributed by atoms with Crippen molar-refractivity contribution in [1.29, 1.82) is 0 Å². The van der Waals surface area contributed by atoms with Gasteiger partial charge in [-0.3, -0.25) is 23.4 Å². The fourth-order valence-corrected chi connectivity index (χ4v) is 9.80. The zero-order valence-corrected chi connectivity index (χ0v) is 36.6. The molecule has 1 saturated carbocycles. The van der Waals surface area contributed by atoms with Gasteiger partial charge in [0, 0.05) is 57.9 Å². The summed E-state index contributed by atoms with van der Waals surface area (Å²) in [7, 11) is 1.71. The number of morpholine rings is 1. The van der Waals surface area contributed by atoms with Crippen molar-refractivity contribution in [3.8, 4) is 11.8 Å². The maximum atomic E-state index is 14.3. The van der Waals surface area contributed by atoms with E-state index in [1.165, 1.54) is 16.9 Å². The quantitative estimate of drug-likeness (QED) is 0.169. The number of anilines is 2. The third-order valence-corrected chi connectivity index (χ3v) is 13.2. The molecule has 1 aromatic carbocycles. The summed E-state index contributed by atoms with van der Waals surface area (Å²) >= 11 is 0. The largest absolute Gasteiger partial charge is 0.372 e. The van der Waals surface area contributed by atoms with Crippen molar-refractivity contribution in [3.05, 3.63) is 82.4 Å². The van der Waals surface area contributed by atoms with Crippen molar-refractivity contribution in [1.82, 2.24) is 43.7 Å². The second-order valence-electron chi connectivity index (χ2n) is 18.1. The molecule has 3 aliphatic heterocycles. The summed E-state index contributed by atoms with van der Waals surface area (Å²) in [5, 5.41) is 14.1. The number of aryl methyl sites for hydroxylation is 1. The number of likely N-dealkylation sites (tertiary alicyclic amines) is 1. The van der Waals surface area contributed by atoms with Crippen molar-refractivity contribution in [2.75, 3.05) is 56.2 Å².